The number of carbonyl (C=O) groups excluding carboxylic acids is 1. The predicted octanol–water partition coefficient (Wildman–Crippen LogP) is 1.84. The van der Waals surface area contributed by atoms with Gasteiger partial charge in [-0.3, -0.25) is 9.69 Å². The Bertz CT molecular complexity index is 408. The first-order chi connectivity index (χ1) is 9.14. The number of hydrogen-bond donors (Lipinski definition) is 1. The number of carbonyl (C=O) groups is 1. The maximum atomic E-state index is 12.6. The van der Waals surface area contributed by atoms with Gasteiger partial charge in [0.15, 0.2) is 5.78 Å². The molecule has 3 heteroatoms. The highest BCUT2D eigenvalue weighted by molar-refractivity contribution is 5.88. The molecule has 2 saturated heterocycles. The quantitative estimate of drug-likeness (QED) is 0.725. The topological polar surface area (TPSA) is 40.5 Å². The van der Waals surface area contributed by atoms with Crippen LogP contribution in [0.25, 0.3) is 0 Å². The molecule has 3 nitrogen and oxygen atoms in total. The maximum absolute atomic E-state index is 12.6. The van der Waals surface area contributed by atoms with E-state index < -0.39 is 6.10 Å². The van der Waals surface area contributed by atoms with Gasteiger partial charge >= 0.3 is 0 Å². The first-order valence-electron chi connectivity index (χ1n) is 8.11. The van der Waals surface area contributed by atoms with E-state index in [-0.39, 0.29) is 23.2 Å². The van der Waals surface area contributed by atoms with E-state index in [1.54, 1.807) is 0 Å². The molecule has 1 N–H and O–H groups in total. The van der Waals surface area contributed by atoms with Crippen molar-refractivity contribution in [1.29, 1.82) is 0 Å². The molecule has 0 aromatic heterocycles. The van der Waals surface area contributed by atoms with Crippen LogP contribution in [0.3, 0.4) is 0 Å². The molecule has 0 unspecified atom stereocenters. The molecule has 106 valence electrons. The molecular formula is C16H25NO2. The van der Waals surface area contributed by atoms with Crippen molar-refractivity contribution in [2.45, 2.75) is 57.1 Å². The van der Waals surface area contributed by atoms with Gasteiger partial charge in [-0.2, -0.15) is 0 Å². The molecular weight excluding hydrogens is 238 g/mol. The van der Waals surface area contributed by atoms with E-state index >= 15 is 0 Å². The zero-order valence-corrected chi connectivity index (χ0v) is 11.8. The summed E-state index contributed by atoms with van der Waals surface area (Å²) in [6.45, 7) is 4.67. The SMILES string of the molecule is C[C@@H]1C[C@H]2[C@H](O)C(=O)[C@H]3CCCN4CCC[C@@H]2[C@]34C1. The van der Waals surface area contributed by atoms with Crippen LogP contribution in [-0.2, 0) is 4.79 Å². The molecule has 4 rings (SSSR count). The van der Waals surface area contributed by atoms with E-state index in [1.165, 1.54) is 32.4 Å². The van der Waals surface area contributed by atoms with Crippen molar-refractivity contribution in [3.63, 3.8) is 0 Å². The molecule has 19 heavy (non-hydrogen) atoms. The summed E-state index contributed by atoms with van der Waals surface area (Å²) in [4.78, 5) is 15.3. The number of hydrogen-bond acceptors (Lipinski definition) is 3. The van der Waals surface area contributed by atoms with Crippen LogP contribution in [-0.4, -0.2) is 40.5 Å². The fourth-order valence-corrected chi connectivity index (χ4v) is 6.16. The molecule has 0 aromatic rings. The minimum Gasteiger partial charge on any atom is -0.385 e. The van der Waals surface area contributed by atoms with E-state index in [1.807, 2.05) is 0 Å². The number of ketones is 1. The summed E-state index contributed by atoms with van der Waals surface area (Å²) in [6.07, 6.45) is 6.22. The van der Waals surface area contributed by atoms with Gasteiger partial charge in [-0.25, -0.2) is 0 Å². The Labute approximate surface area is 115 Å². The van der Waals surface area contributed by atoms with Crippen molar-refractivity contribution in [3.05, 3.63) is 0 Å². The first-order valence-corrected chi connectivity index (χ1v) is 8.11. The summed E-state index contributed by atoms with van der Waals surface area (Å²) in [5.74, 6) is 1.79. The van der Waals surface area contributed by atoms with Gasteiger partial charge in [0, 0.05) is 11.5 Å². The van der Waals surface area contributed by atoms with Crippen LogP contribution in [0, 0.1) is 23.7 Å². The monoisotopic (exact) mass is 263 g/mol. The zero-order valence-electron chi connectivity index (χ0n) is 11.8. The highest BCUT2D eigenvalue weighted by Gasteiger charge is 2.64. The Hall–Kier alpha value is -0.410. The number of nitrogens with zero attached hydrogens (tertiary/aromatic N) is 1. The maximum Gasteiger partial charge on any atom is 0.166 e. The molecule has 0 aromatic carbocycles. The third-order valence-corrected chi connectivity index (χ3v) is 6.61. The standard InChI is InChI=1S/C16H25NO2/c1-10-8-11-12-4-2-6-17-7-3-5-13(15(19)14(11)18)16(12,17)9-10/h10-14,18H,2-9H2,1H3/t10-,11-,12+,13-,14+,16-/m1/s1. The van der Waals surface area contributed by atoms with Crippen LogP contribution in [0.4, 0.5) is 0 Å². The average Bonchev–Trinajstić information content (AvgIpc) is 2.40. The van der Waals surface area contributed by atoms with E-state index in [2.05, 4.69) is 11.8 Å². The molecule has 2 heterocycles. The summed E-state index contributed by atoms with van der Waals surface area (Å²) in [5.41, 5.74) is 0.134. The van der Waals surface area contributed by atoms with E-state index in [0.717, 1.165) is 19.3 Å². The Morgan fingerprint density at radius 1 is 1.26 bits per heavy atom. The zero-order chi connectivity index (χ0) is 13.2. The molecule has 2 aliphatic carbocycles. The van der Waals surface area contributed by atoms with Gasteiger partial charge in [-0.05, 0) is 69.4 Å². The Morgan fingerprint density at radius 2 is 2.00 bits per heavy atom. The molecule has 2 bridgehead atoms. The molecule has 2 aliphatic heterocycles. The Kier molecular flexibility index (Phi) is 2.63. The smallest absolute Gasteiger partial charge is 0.166 e. The van der Waals surface area contributed by atoms with Gasteiger partial charge in [-0.1, -0.05) is 6.92 Å². The summed E-state index contributed by atoms with van der Waals surface area (Å²) in [6, 6.07) is 0. The number of piperidine rings is 2. The normalized spacial score (nSPS) is 53.8. The van der Waals surface area contributed by atoms with Crippen molar-refractivity contribution in [2.24, 2.45) is 23.7 Å². The van der Waals surface area contributed by atoms with Crippen LogP contribution < -0.4 is 0 Å². The second-order valence-electron chi connectivity index (χ2n) is 7.48. The van der Waals surface area contributed by atoms with Gasteiger partial charge in [0.05, 0.1) is 0 Å². The van der Waals surface area contributed by atoms with Crippen molar-refractivity contribution in [2.75, 3.05) is 13.1 Å². The van der Waals surface area contributed by atoms with Gasteiger partial charge < -0.3 is 5.11 Å². The lowest BCUT2D eigenvalue weighted by molar-refractivity contribution is -0.193. The number of aliphatic hydroxyl groups is 1. The van der Waals surface area contributed by atoms with Crippen molar-refractivity contribution in [3.8, 4) is 0 Å². The molecule has 2 saturated carbocycles. The number of aliphatic hydroxyl groups excluding tert-OH is 1. The molecule has 0 radical (unpaired) electrons. The van der Waals surface area contributed by atoms with Crippen molar-refractivity contribution >= 4 is 5.78 Å². The Balaban J connectivity index is 1.84. The second kappa shape index (κ2) is 4.05. The molecule has 1 spiro atoms. The summed E-state index contributed by atoms with van der Waals surface area (Å²) in [7, 11) is 0. The van der Waals surface area contributed by atoms with E-state index in [0.29, 0.717) is 11.8 Å². The second-order valence-corrected chi connectivity index (χ2v) is 7.48. The van der Waals surface area contributed by atoms with Gasteiger partial charge in [0.1, 0.15) is 6.10 Å². The van der Waals surface area contributed by atoms with Gasteiger partial charge in [0.25, 0.3) is 0 Å². The highest BCUT2D eigenvalue weighted by Crippen LogP contribution is 2.59. The first kappa shape index (κ1) is 12.3. The largest absolute Gasteiger partial charge is 0.385 e. The van der Waals surface area contributed by atoms with E-state index in [9.17, 15) is 9.90 Å². The predicted molar refractivity (Wildman–Crippen MR) is 72.7 cm³/mol. The van der Waals surface area contributed by atoms with Crippen LogP contribution >= 0.6 is 0 Å². The molecule has 6 atom stereocenters. The van der Waals surface area contributed by atoms with Gasteiger partial charge in [0.2, 0.25) is 0 Å². The summed E-state index contributed by atoms with van der Waals surface area (Å²) < 4.78 is 0. The Morgan fingerprint density at radius 3 is 2.79 bits per heavy atom. The summed E-state index contributed by atoms with van der Waals surface area (Å²) >= 11 is 0. The minimum absolute atomic E-state index is 0.126. The minimum atomic E-state index is -0.663. The van der Waals surface area contributed by atoms with E-state index in [4.69, 9.17) is 0 Å². The van der Waals surface area contributed by atoms with Crippen LogP contribution in [0.5, 0.6) is 0 Å². The lowest BCUT2D eigenvalue weighted by Gasteiger charge is -2.66. The highest BCUT2D eigenvalue weighted by atomic mass is 16.3. The number of Topliss-reactive ketones (excluding diaryl/α,β-unsaturated/α-hetero) is 1. The molecule has 4 fully saturated rings. The fourth-order valence-electron chi connectivity index (χ4n) is 6.16. The molecule has 0 amide bonds. The fraction of sp³-hybridized carbons (Fsp3) is 0.938. The average molecular weight is 263 g/mol. The third kappa shape index (κ3) is 1.43. The van der Waals surface area contributed by atoms with Crippen LogP contribution in [0.1, 0.15) is 45.4 Å². The van der Waals surface area contributed by atoms with Crippen LogP contribution in [0.2, 0.25) is 0 Å². The third-order valence-electron chi connectivity index (χ3n) is 6.61. The number of rotatable bonds is 0. The van der Waals surface area contributed by atoms with Crippen molar-refractivity contribution in [1.82, 2.24) is 4.90 Å². The molecule has 4 aliphatic rings. The lowest BCUT2D eigenvalue weighted by atomic mass is 9.48. The van der Waals surface area contributed by atoms with Crippen molar-refractivity contribution < 1.29 is 9.90 Å². The lowest BCUT2D eigenvalue weighted by Crippen LogP contribution is -2.74. The summed E-state index contributed by atoms with van der Waals surface area (Å²) in [5, 5.41) is 10.5. The van der Waals surface area contributed by atoms with Crippen LogP contribution in [0.15, 0.2) is 0 Å². The van der Waals surface area contributed by atoms with Gasteiger partial charge in [-0.15, -0.1) is 0 Å².